The summed E-state index contributed by atoms with van der Waals surface area (Å²) in [6, 6.07) is 1.69. The molecule has 5 heteroatoms. The zero-order valence-electron chi connectivity index (χ0n) is 8.44. The van der Waals surface area contributed by atoms with Gasteiger partial charge in [-0.2, -0.15) is 0 Å². The van der Waals surface area contributed by atoms with E-state index in [9.17, 15) is 9.90 Å². The summed E-state index contributed by atoms with van der Waals surface area (Å²) >= 11 is 3.28. The van der Waals surface area contributed by atoms with E-state index in [1.54, 1.807) is 32.3 Å². The molecule has 0 aliphatic heterocycles. The minimum absolute atomic E-state index is 0.690. The number of aliphatic hydroxyl groups is 1. The van der Waals surface area contributed by atoms with Gasteiger partial charge in [0.25, 0.3) is 0 Å². The van der Waals surface area contributed by atoms with Crippen LogP contribution in [0, 0.1) is 0 Å². The molecule has 0 aliphatic carbocycles. The molecule has 0 amide bonds. The summed E-state index contributed by atoms with van der Waals surface area (Å²) < 4.78 is 0.690. The molecule has 1 aromatic rings. The number of rotatable bonds is 3. The molecule has 1 rings (SSSR count). The molecule has 1 unspecified atom stereocenters. The third-order valence-electron chi connectivity index (χ3n) is 2.38. The van der Waals surface area contributed by atoms with Crippen molar-refractivity contribution in [2.75, 3.05) is 0 Å². The first-order valence-corrected chi connectivity index (χ1v) is 5.17. The Morgan fingerprint density at radius 1 is 1.60 bits per heavy atom. The number of pyridine rings is 1. The fraction of sp³-hybridized carbons (Fsp3) is 0.400. The molecule has 0 aromatic carbocycles. The lowest BCUT2D eigenvalue weighted by Gasteiger charge is -2.28. The van der Waals surface area contributed by atoms with E-state index < -0.39 is 17.5 Å². The quantitative estimate of drug-likeness (QED) is 0.877. The molecule has 1 heterocycles. The van der Waals surface area contributed by atoms with Gasteiger partial charge in [0, 0.05) is 22.3 Å². The second-order valence-electron chi connectivity index (χ2n) is 3.82. The first-order chi connectivity index (χ1) is 6.87. The number of hydrogen-bond acceptors (Lipinski definition) is 3. The Kier molecular flexibility index (Phi) is 3.46. The van der Waals surface area contributed by atoms with Gasteiger partial charge in [-0.1, -0.05) is 13.8 Å². The van der Waals surface area contributed by atoms with Gasteiger partial charge in [0.05, 0.1) is 0 Å². The van der Waals surface area contributed by atoms with Gasteiger partial charge in [0.15, 0.2) is 6.10 Å². The number of carboxylic acids is 1. The number of carbonyl (C=O) groups is 1. The van der Waals surface area contributed by atoms with Crippen LogP contribution in [0.3, 0.4) is 0 Å². The number of aromatic nitrogens is 1. The second kappa shape index (κ2) is 4.28. The van der Waals surface area contributed by atoms with E-state index in [1.807, 2.05) is 0 Å². The predicted octanol–water partition coefficient (Wildman–Crippen LogP) is 1.57. The smallest absolute Gasteiger partial charge is 0.333 e. The monoisotopic (exact) mass is 273 g/mol. The maximum atomic E-state index is 10.7. The molecule has 0 radical (unpaired) electrons. The first-order valence-electron chi connectivity index (χ1n) is 4.38. The van der Waals surface area contributed by atoms with Crippen LogP contribution in [0.15, 0.2) is 22.9 Å². The van der Waals surface area contributed by atoms with Gasteiger partial charge < -0.3 is 10.2 Å². The highest BCUT2D eigenvalue weighted by Gasteiger charge is 2.36. The summed E-state index contributed by atoms with van der Waals surface area (Å²) in [6.45, 7) is 3.34. The average molecular weight is 274 g/mol. The van der Waals surface area contributed by atoms with Crippen molar-refractivity contribution in [3.63, 3.8) is 0 Å². The Hall–Kier alpha value is -0.940. The molecule has 1 aromatic heterocycles. The third kappa shape index (κ3) is 2.35. The standard InChI is InChI=1S/C10H12BrNO3/c1-10(2,8(13)9(14)15)6-3-4-12-5-7(6)11/h3-5,8,13H,1-2H3,(H,14,15). The van der Waals surface area contributed by atoms with Gasteiger partial charge in [0.2, 0.25) is 0 Å². The van der Waals surface area contributed by atoms with Crippen molar-refractivity contribution < 1.29 is 15.0 Å². The SMILES string of the molecule is CC(C)(c1ccncc1Br)C(O)C(=O)O. The Bertz CT molecular complexity index is 379. The summed E-state index contributed by atoms with van der Waals surface area (Å²) in [5.74, 6) is -1.23. The Balaban J connectivity index is 3.16. The minimum Gasteiger partial charge on any atom is -0.479 e. The highest BCUT2D eigenvalue weighted by molar-refractivity contribution is 9.10. The number of hydrogen-bond donors (Lipinski definition) is 2. The van der Waals surface area contributed by atoms with Gasteiger partial charge in [-0.15, -0.1) is 0 Å². The van der Waals surface area contributed by atoms with Crippen LogP contribution in [0.1, 0.15) is 19.4 Å². The van der Waals surface area contributed by atoms with Gasteiger partial charge in [0.1, 0.15) is 0 Å². The molecule has 0 spiro atoms. The highest BCUT2D eigenvalue weighted by atomic mass is 79.9. The van der Waals surface area contributed by atoms with Crippen molar-refractivity contribution in [1.29, 1.82) is 0 Å². The fourth-order valence-corrected chi connectivity index (χ4v) is 2.12. The number of halogens is 1. The van der Waals surface area contributed by atoms with Crippen molar-refractivity contribution in [2.24, 2.45) is 0 Å². The molecule has 1 atom stereocenters. The number of nitrogens with zero attached hydrogens (tertiary/aromatic N) is 1. The van der Waals surface area contributed by atoms with E-state index >= 15 is 0 Å². The van der Waals surface area contributed by atoms with Crippen LogP contribution >= 0.6 is 15.9 Å². The normalized spacial score (nSPS) is 13.6. The zero-order chi connectivity index (χ0) is 11.6. The third-order valence-corrected chi connectivity index (χ3v) is 3.02. The van der Waals surface area contributed by atoms with Crippen molar-refractivity contribution >= 4 is 21.9 Å². The van der Waals surface area contributed by atoms with Crippen molar-refractivity contribution in [3.05, 3.63) is 28.5 Å². The van der Waals surface area contributed by atoms with Gasteiger partial charge >= 0.3 is 5.97 Å². The maximum Gasteiger partial charge on any atom is 0.333 e. The maximum absolute atomic E-state index is 10.7. The largest absolute Gasteiger partial charge is 0.479 e. The van der Waals surface area contributed by atoms with Gasteiger partial charge in [-0.25, -0.2) is 4.79 Å². The summed E-state index contributed by atoms with van der Waals surface area (Å²) in [6.07, 6.45) is 1.69. The fourth-order valence-electron chi connectivity index (χ4n) is 1.35. The molecule has 0 saturated heterocycles. The predicted molar refractivity (Wildman–Crippen MR) is 58.6 cm³/mol. The molecule has 15 heavy (non-hydrogen) atoms. The molecular weight excluding hydrogens is 262 g/mol. The molecule has 82 valence electrons. The van der Waals surface area contributed by atoms with Crippen molar-refractivity contribution in [3.8, 4) is 0 Å². The van der Waals surface area contributed by atoms with Crippen LogP contribution in [-0.4, -0.2) is 27.3 Å². The van der Waals surface area contributed by atoms with Crippen LogP contribution < -0.4 is 0 Å². The number of aliphatic carboxylic acids is 1. The Morgan fingerprint density at radius 3 is 2.67 bits per heavy atom. The zero-order valence-corrected chi connectivity index (χ0v) is 10.0. The van der Waals surface area contributed by atoms with Gasteiger partial charge in [-0.05, 0) is 27.6 Å². The molecule has 0 saturated carbocycles. The van der Waals surface area contributed by atoms with E-state index in [4.69, 9.17) is 5.11 Å². The molecule has 0 bridgehead atoms. The lowest BCUT2D eigenvalue weighted by atomic mass is 9.80. The van der Waals surface area contributed by atoms with E-state index in [1.165, 1.54) is 0 Å². The summed E-state index contributed by atoms with van der Waals surface area (Å²) in [5, 5.41) is 18.4. The molecule has 2 N–H and O–H groups in total. The van der Waals surface area contributed by atoms with Crippen LogP contribution in [-0.2, 0) is 10.2 Å². The second-order valence-corrected chi connectivity index (χ2v) is 4.67. The lowest BCUT2D eigenvalue weighted by Crippen LogP contribution is -2.40. The van der Waals surface area contributed by atoms with E-state index in [2.05, 4.69) is 20.9 Å². The topological polar surface area (TPSA) is 70.4 Å². The summed E-state index contributed by atoms with van der Waals surface area (Å²) in [7, 11) is 0. The van der Waals surface area contributed by atoms with Crippen LogP contribution in [0.25, 0.3) is 0 Å². The van der Waals surface area contributed by atoms with Crippen molar-refractivity contribution in [1.82, 2.24) is 4.98 Å². The van der Waals surface area contributed by atoms with Crippen LogP contribution in [0.2, 0.25) is 0 Å². The minimum atomic E-state index is -1.45. The number of aliphatic hydroxyl groups excluding tert-OH is 1. The average Bonchev–Trinajstić information content (AvgIpc) is 2.16. The first kappa shape index (κ1) is 12.1. The highest BCUT2D eigenvalue weighted by Crippen LogP contribution is 2.32. The van der Waals surface area contributed by atoms with Crippen LogP contribution in [0.4, 0.5) is 0 Å². The molecule has 0 aliphatic rings. The summed E-state index contributed by atoms with van der Waals surface area (Å²) in [4.78, 5) is 14.6. The molecule has 4 nitrogen and oxygen atoms in total. The van der Waals surface area contributed by atoms with Gasteiger partial charge in [-0.3, -0.25) is 4.98 Å². The van der Waals surface area contributed by atoms with Crippen LogP contribution in [0.5, 0.6) is 0 Å². The van der Waals surface area contributed by atoms with Crippen molar-refractivity contribution in [2.45, 2.75) is 25.4 Å². The van der Waals surface area contributed by atoms with E-state index in [0.29, 0.717) is 10.0 Å². The molecular formula is C10H12BrNO3. The number of carboxylic acid groups (broad SMARTS) is 1. The summed E-state index contributed by atoms with van der Waals surface area (Å²) in [5.41, 5.74) is -0.152. The Labute approximate surface area is 96.1 Å². The lowest BCUT2D eigenvalue weighted by molar-refractivity contribution is -0.150. The Morgan fingerprint density at radius 2 is 2.20 bits per heavy atom. The van der Waals surface area contributed by atoms with E-state index in [-0.39, 0.29) is 0 Å². The van der Waals surface area contributed by atoms with E-state index in [0.717, 1.165) is 0 Å². The molecule has 0 fully saturated rings.